The van der Waals surface area contributed by atoms with E-state index in [1.54, 1.807) is 17.0 Å². The van der Waals surface area contributed by atoms with Crippen molar-refractivity contribution >= 4 is 49.1 Å². The van der Waals surface area contributed by atoms with Crippen LogP contribution in [0.2, 0.25) is 0 Å². The molecule has 2 aromatic carbocycles. The molecule has 4 N–H and O–H groups in total. The van der Waals surface area contributed by atoms with Gasteiger partial charge in [0.2, 0.25) is 5.91 Å². The molecular weight excluding hydrogens is 537 g/mol. The number of benzene rings is 2. The minimum absolute atomic E-state index is 0.0516. The van der Waals surface area contributed by atoms with Gasteiger partial charge in [-0.2, -0.15) is 16.8 Å². The fraction of sp³-hybridized carbons (Fsp3) is 0.375. The SMILES string of the molecule is NS(=O)(=O)Nc1ccc2c(c1)S(=O)(=O)N=C(C1C(=O)C3C([C@@H]4CC[C@H]3C4)N(Cc3ccc(F)cc3)C1=O)N2. The molecule has 2 aliphatic carbocycles. The molecule has 200 valence electrons. The number of hydrogen-bond acceptors (Lipinski definition) is 7. The molecule has 4 aliphatic rings. The van der Waals surface area contributed by atoms with E-state index in [1.165, 1.54) is 24.3 Å². The molecule has 3 unspecified atom stereocenters. The summed E-state index contributed by atoms with van der Waals surface area (Å²) >= 11 is 0. The van der Waals surface area contributed by atoms with E-state index < -0.39 is 43.8 Å². The van der Waals surface area contributed by atoms with Crippen molar-refractivity contribution in [2.45, 2.75) is 36.7 Å². The van der Waals surface area contributed by atoms with Gasteiger partial charge in [0.1, 0.15) is 16.5 Å². The lowest BCUT2D eigenvalue weighted by Crippen LogP contribution is -2.61. The third-order valence-electron chi connectivity index (χ3n) is 7.92. The minimum Gasteiger partial charge on any atom is -0.341 e. The molecule has 1 amide bonds. The molecule has 0 spiro atoms. The summed E-state index contributed by atoms with van der Waals surface area (Å²) < 4.78 is 68.2. The third-order valence-corrected chi connectivity index (χ3v) is 9.77. The van der Waals surface area contributed by atoms with Crippen molar-refractivity contribution in [1.29, 1.82) is 0 Å². The number of sulfonamides is 1. The van der Waals surface area contributed by atoms with Crippen molar-refractivity contribution in [2.75, 3.05) is 10.0 Å². The first-order valence-electron chi connectivity index (χ1n) is 12.1. The largest absolute Gasteiger partial charge is 0.341 e. The molecule has 3 fully saturated rings. The Kier molecular flexibility index (Phi) is 5.63. The Morgan fingerprint density at radius 1 is 1.11 bits per heavy atom. The predicted molar refractivity (Wildman–Crippen MR) is 135 cm³/mol. The maximum absolute atomic E-state index is 13.9. The molecule has 2 heterocycles. The van der Waals surface area contributed by atoms with Crippen molar-refractivity contribution < 1.29 is 30.8 Å². The molecule has 2 aliphatic heterocycles. The van der Waals surface area contributed by atoms with Crippen molar-refractivity contribution in [1.82, 2.24) is 4.90 Å². The van der Waals surface area contributed by atoms with Crippen LogP contribution in [0.1, 0.15) is 24.8 Å². The Morgan fingerprint density at radius 3 is 2.53 bits per heavy atom. The molecule has 14 heteroatoms. The van der Waals surface area contributed by atoms with Crippen LogP contribution in [-0.2, 0) is 36.4 Å². The van der Waals surface area contributed by atoms with Crippen LogP contribution < -0.4 is 15.2 Å². The zero-order valence-electron chi connectivity index (χ0n) is 19.9. The topological polar surface area (TPSA) is 168 Å². The van der Waals surface area contributed by atoms with E-state index >= 15 is 0 Å². The van der Waals surface area contributed by atoms with Gasteiger partial charge in [-0.3, -0.25) is 14.3 Å². The number of amides is 1. The lowest BCUT2D eigenvalue weighted by molar-refractivity contribution is -0.153. The first kappa shape index (κ1) is 24.9. The summed E-state index contributed by atoms with van der Waals surface area (Å²) in [6, 6.07) is 9.14. The molecule has 0 radical (unpaired) electrons. The molecule has 6 rings (SSSR count). The summed E-state index contributed by atoms with van der Waals surface area (Å²) in [4.78, 5) is 29.0. The number of carbonyl (C=O) groups excluding carboxylic acids is 2. The average Bonchev–Trinajstić information content (AvgIpc) is 3.45. The summed E-state index contributed by atoms with van der Waals surface area (Å²) in [6.45, 7) is 0.159. The Hall–Kier alpha value is -3.36. The van der Waals surface area contributed by atoms with Gasteiger partial charge in [0.05, 0.1) is 11.4 Å². The van der Waals surface area contributed by atoms with Gasteiger partial charge in [-0.05, 0) is 67.0 Å². The summed E-state index contributed by atoms with van der Waals surface area (Å²) in [5.41, 5.74) is 0.659. The van der Waals surface area contributed by atoms with E-state index in [-0.39, 0.29) is 52.3 Å². The van der Waals surface area contributed by atoms with E-state index in [9.17, 15) is 30.8 Å². The number of amidine groups is 1. The number of piperidine rings is 1. The van der Waals surface area contributed by atoms with Gasteiger partial charge in [-0.25, -0.2) is 9.53 Å². The highest BCUT2D eigenvalue weighted by Gasteiger charge is 2.60. The van der Waals surface area contributed by atoms with Gasteiger partial charge in [-0.1, -0.05) is 12.1 Å². The molecule has 2 aromatic rings. The van der Waals surface area contributed by atoms with Crippen LogP contribution in [-0.4, -0.2) is 45.3 Å². The molecule has 1 saturated heterocycles. The van der Waals surface area contributed by atoms with Crippen LogP contribution in [0.4, 0.5) is 15.8 Å². The van der Waals surface area contributed by atoms with Crippen molar-refractivity contribution in [2.24, 2.45) is 33.2 Å². The normalized spacial score (nSPS) is 29.4. The summed E-state index contributed by atoms with van der Waals surface area (Å²) in [6.07, 6.45) is 2.60. The zero-order valence-corrected chi connectivity index (χ0v) is 21.5. The highest BCUT2D eigenvalue weighted by molar-refractivity contribution is 7.91. The summed E-state index contributed by atoms with van der Waals surface area (Å²) in [7, 11) is -8.54. The van der Waals surface area contributed by atoms with Crippen molar-refractivity contribution in [3.05, 3.63) is 53.8 Å². The van der Waals surface area contributed by atoms with Gasteiger partial charge >= 0.3 is 0 Å². The van der Waals surface area contributed by atoms with Crippen LogP contribution in [0.25, 0.3) is 0 Å². The van der Waals surface area contributed by atoms with Gasteiger partial charge in [0, 0.05) is 18.5 Å². The Morgan fingerprint density at radius 2 is 1.82 bits per heavy atom. The first-order valence-corrected chi connectivity index (χ1v) is 15.0. The predicted octanol–water partition coefficient (Wildman–Crippen LogP) is 1.60. The quantitative estimate of drug-likeness (QED) is 0.466. The van der Waals surface area contributed by atoms with Crippen molar-refractivity contribution in [3.8, 4) is 0 Å². The lowest BCUT2D eigenvalue weighted by Gasteiger charge is -2.45. The smallest absolute Gasteiger partial charge is 0.296 e. The second-order valence-corrected chi connectivity index (χ2v) is 13.1. The van der Waals surface area contributed by atoms with E-state index in [4.69, 9.17) is 5.14 Å². The van der Waals surface area contributed by atoms with Gasteiger partial charge in [0.25, 0.3) is 20.2 Å². The van der Waals surface area contributed by atoms with E-state index in [2.05, 4.69) is 9.71 Å². The molecule has 5 atom stereocenters. The maximum Gasteiger partial charge on any atom is 0.296 e. The summed E-state index contributed by atoms with van der Waals surface area (Å²) in [5, 5.41) is 7.81. The number of halogens is 1. The van der Waals surface area contributed by atoms with Crippen LogP contribution in [0.3, 0.4) is 0 Å². The minimum atomic E-state index is -4.39. The Balaban J connectivity index is 1.37. The molecule has 2 bridgehead atoms. The van der Waals surface area contributed by atoms with Crippen molar-refractivity contribution in [3.63, 3.8) is 0 Å². The van der Waals surface area contributed by atoms with Crippen LogP contribution in [0.5, 0.6) is 0 Å². The number of nitrogens with one attached hydrogen (secondary N) is 2. The number of ketones is 1. The van der Waals surface area contributed by atoms with Gasteiger partial charge < -0.3 is 10.2 Å². The van der Waals surface area contributed by atoms with Crippen LogP contribution in [0, 0.1) is 29.5 Å². The standard InChI is InChI=1S/C24H24FN5O6S2/c25-15-5-1-12(2-6-15)11-30-21-14-4-3-13(9-14)19(21)22(31)20(24(30)32)23-27-17-8-7-16(28-38(26,35)36)10-18(17)37(33,34)29-23/h1-2,5-8,10,13-14,19-21,28H,3-4,9,11H2,(H,27,29)(H2,26,35,36)/t13-,14+,19?,20?,21?/m0/s1. The number of hydrogen-bond donors (Lipinski definition) is 3. The second-order valence-electron chi connectivity index (χ2n) is 10.2. The fourth-order valence-electron chi connectivity index (χ4n) is 6.49. The number of fused-ring (bicyclic) bond motifs is 6. The fourth-order valence-corrected chi connectivity index (χ4v) is 8.13. The Labute approximate surface area is 218 Å². The molecule has 38 heavy (non-hydrogen) atoms. The molecular formula is C24H24FN5O6S2. The number of nitrogens with zero attached hydrogens (tertiary/aromatic N) is 2. The van der Waals surface area contributed by atoms with Gasteiger partial charge in [0.15, 0.2) is 11.7 Å². The number of anilines is 2. The molecule has 2 saturated carbocycles. The number of carbonyl (C=O) groups is 2. The highest BCUT2D eigenvalue weighted by atomic mass is 32.2. The van der Waals surface area contributed by atoms with E-state index in [0.717, 1.165) is 25.3 Å². The monoisotopic (exact) mass is 561 g/mol. The number of Topliss-reactive ketones (excluding diaryl/α,β-unsaturated/α-hetero) is 1. The Bertz CT molecular complexity index is 1610. The number of rotatable bonds is 5. The average molecular weight is 562 g/mol. The third kappa shape index (κ3) is 4.16. The maximum atomic E-state index is 13.9. The van der Waals surface area contributed by atoms with Crippen LogP contribution in [0.15, 0.2) is 51.8 Å². The van der Waals surface area contributed by atoms with E-state index in [1.807, 2.05) is 4.72 Å². The zero-order chi connectivity index (χ0) is 27.0. The van der Waals surface area contributed by atoms with E-state index in [0.29, 0.717) is 5.56 Å². The number of likely N-dealkylation sites (tertiary alicyclic amines) is 1. The second kappa shape index (κ2) is 8.58. The molecule has 11 nitrogen and oxygen atoms in total. The highest BCUT2D eigenvalue weighted by Crippen LogP contribution is 2.54. The number of nitrogens with two attached hydrogens (primary N) is 1. The van der Waals surface area contributed by atoms with Gasteiger partial charge in [-0.15, -0.1) is 4.40 Å². The first-order chi connectivity index (χ1) is 17.9. The van der Waals surface area contributed by atoms with Crippen LogP contribution >= 0.6 is 0 Å². The molecule has 0 aromatic heterocycles. The lowest BCUT2D eigenvalue weighted by atomic mass is 9.73. The summed E-state index contributed by atoms with van der Waals surface area (Å²) in [5.74, 6) is -3.20.